The molecule has 0 unspecified atom stereocenters. The van der Waals surface area contributed by atoms with Gasteiger partial charge in [-0.1, -0.05) is 5.21 Å². The number of hydrogen-bond donors (Lipinski definition) is 1. The molecule has 0 aliphatic carbocycles. The molecule has 1 aromatic rings. The van der Waals surface area contributed by atoms with Crippen molar-refractivity contribution >= 4 is 15.6 Å². The summed E-state index contributed by atoms with van der Waals surface area (Å²) in [6.07, 6.45) is 3.52. The Labute approximate surface area is 125 Å². The van der Waals surface area contributed by atoms with Crippen LogP contribution >= 0.6 is 0 Å². The van der Waals surface area contributed by atoms with Crippen molar-refractivity contribution in [2.75, 3.05) is 18.8 Å². The molecule has 1 saturated heterocycles. The normalized spacial score (nSPS) is 17.3. The number of nitrogens with one attached hydrogen (secondary N) is 1. The summed E-state index contributed by atoms with van der Waals surface area (Å²) in [7, 11) is -3.20. The Morgan fingerprint density at radius 1 is 1.43 bits per heavy atom. The van der Waals surface area contributed by atoms with Crippen LogP contribution in [0, 0.1) is 0 Å². The minimum atomic E-state index is -3.20. The predicted molar refractivity (Wildman–Crippen MR) is 79.0 cm³/mol. The van der Waals surface area contributed by atoms with Gasteiger partial charge in [0.25, 0.3) is 0 Å². The summed E-state index contributed by atoms with van der Waals surface area (Å²) in [5, 5.41) is 10.7. The van der Waals surface area contributed by atoms with Gasteiger partial charge in [0.15, 0.2) is 15.6 Å². The van der Waals surface area contributed by atoms with E-state index in [2.05, 4.69) is 15.6 Å². The fraction of sp³-hybridized carbons (Fsp3) is 0.769. The maximum atomic E-state index is 12.0. The molecule has 2 rings (SSSR count). The van der Waals surface area contributed by atoms with Crippen molar-refractivity contribution in [2.45, 2.75) is 44.4 Å². The number of hydrogen-bond acceptors (Lipinski definition) is 6. The number of carbonyl (C=O) groups is 1. The quantitative estimate of drug-likeness (QED) is 0.773. The van der Waals surface area contributed by atoms with Crippen molar-refractivity contribution in [1.29, 1.82) is 0 Å². The van der Waals surface area contributed by atoms with Crippen molar-refractivity contribution in [3.63, 3.8) is 0 Å². The topological polar surface area (TPSA) is 94.0 Å². The molecule has 2 heterocycles. The van der Waals surface area contributed by atoms with E-state index in [1.807, 2.05) is 0 Å². The van der Waals surface area contributed by atoms with Crippen LogP contribution in [0.25, 0.3) is 0 Å². The molecule has 1 aromatic heterocycles. The molecule has 1 aliphatic rings. The van der Waals surface area contributed by atoms with Gasteiger partial charge in [-0.25, -0.2) is 13.1 Å². The molecule has 1 N–H and O–H groups in total. The molecule has 0 spiro atoms. The number of ketones is 1. The van der Waals surface area contributed by atoms with E-state index in [0.29, 0.717) is 0 Å². The highest BCUT2D eigenvalue weighted by Crippen LogP contribution is 2.17. The van der Waals surface area contributed by atoms with Crippen LogP contribution in [0.15, 0.2) is 6.20 Å². The van der Waals surface area contributed by atoms with Crippen molar-refractivity contribution < 1.29 is 13.2 Å². The zero-order chi connectivity index (χ0) is 15.5. The minimum Gasteiger partial charge on any atom is -0.317 e. The van der Waals surface area contributed by atoms with Gasteiger partial charge in [0.05, 0.1) is 23.2 Å². The summed E-state index contributed by atoms with van der Waals surface area (Å²) in [6.45, 7) is 5.10. The highest BCUT2D eigenvalue weighted by atomic mass is 32.2. The Morgan fingerprint density at radius 2 is 2.10 bits per heavy atom. The summed E-state index contributed by atoms with van der Waals surface area (Å²) in [6, 6.07) is 0.264. The summed E-state index contributed by atoms with van der Waals surface area (Å²) in [5.41, 5.74) is 0.257. The fourth-order valence-electron chi connectivity index (χ4n) is 2.25. The first kappa shape index (κ1) is 16.1. The van der Waals surface area contributed by atoms with E-state index in [4.69, 9.17) is 0 Å². The zero-order valence-electron chi connectivity index (χ0n) is 12.4. The number of Topliss-reactive ketones (excluding diaryl/α,β-unsaturated/α-hetero) is 1. The number of nitrogens with zero attached hydrogens (tertiary/aromatic N) is 3. The number of sulfone groups is 1. The lowest BCUT2D eigenvalue weighted by Crippen LogP contribution is -2.29. The fourth-order valence-corrected chi connectivity index (χ4v) is 3.19. The molecular formula is C13H22N4O3S. The molecule has 1 fully saturated rings. The van der Waals surface area contributed by atoms with E-state index in [1.165, 1.54) is 0 Å². The van der Waals surface area contributed by atoms with E-state index in [-0.39, 0.29) is 29.7 Å². The molecule has 0 bridgehead atoms. The second-order valence-corrected chi connectivity index (χ2v) is 8.33. The standard InChI is InChI=1S/C13H22N4O3S/c1-10(2)21(19,20)8-5-13(18)12-9-17(16-15-12)11-3-6-14-7-4-11/h9-11,14H,3-8H2,1-2H3. The molecule has 0 atom stereocenters. The van der Waals surface area contributed by atoms with Gasteiger partial charge in [0.2, 0.25) is 0 Å². The first-order chi connectivity index (χ1) is 9.90. The monoisotopic (exact) mass is 314 g/mol. The zero-order valence-corrected chi connectivity index (χ0v) is 13.3. The Hall–Kier alpha value is -1.28. The lowest BCUT2D eigenvalue weighted by molar-refractivity contribution is 0.0984. The first-order valence-corrected chi connectivity index (χ1v) is 8.99. The van der Waals surface area contributed by atoms with Crippen LogP contribution in [0.4, 0.5) is 0 Å². The van der Waals surface area contributed by atoms with Gasteiger partial charge in [-0.3, -0.25) is 4.79 Å². The molecular weight excluding hydrogens is 292 g/mol. The van der Waals surface area contributed by atoms with E-state index < -0.39 is 15.1 Å². The molecule has 0 aromatic carbocycles. The number of carbonyl (C=O) groups excluding carboxylic acids is 1. The van der Waals surface area contributed by atoms with Crippen LogP contribution in [0.5, 0.6) is 0 Å². The second kappa shape index (κ2) is 6.65. The smallest absolute Gasteiger partial charge is 0.185 e. The van der Waals surface area contributed by atoms with Gasteiger partial charge in [-0.05, 0) is 39.8 Å². The van der Waals surface area contributed by atoms with Gasteiger partial charge in [-0.2, -0.15) is 0 Å². The second-order valence-electron chi connectivity index (χ2n) is 5.65. The van der Waals surface area contributed by atoms with Crippen LogP contribution in [0.2, 0.25) is 0 Å². The Bertz CT molecular complexity index is 588. The molecule has 0 radical (unpaired) electrons. The highest BCUT2D eigenvalue weighted by molar-refractivity contribution is 7.91. The van der Waals surface area contributed by atoms with E-state index in [9.17, 15) is 13.2 Å². The van der Waals surface area contributed by atoms with Gasteiger partial charge >= 0.3 is 0 Å². The summed E-state index contributed by atoms with van der Waals surface area (Å²) in [5.74, 6) is -0.400. The van der Waals surface area contributed by atoms with E-state index in [1.54, 1.807) is 24.7 Å². The van der Waals surface area contributed by atoms with Crippen LogP contribution in [-0.2, 0) is 9.84 Å². The SMILES string of the molecule is CC(C)S(=O)(=O)CCC(=O)c1cn(C2CCNCC2)nn1. The summed E-state index contributed by atoms with van der Waals surface area (Å²) in [4.78, 5) is 12.0. The highest BCUT2D eigenvalue weighted by Gasteiger charge is 2.21. The first-order valence-electron chi connectivity index (χ1n) is 7.27. The molecule has 0 amide bonds. The summed E-state index contributed by atoms with van der Waals surface area (Å²) < 4.78 is 25.2. The van der Waals surface area contributed by atoms with Gasteiger partial charge in [0, 0.05) is 6.42 Å². The van der Waals surface area contributed by atoms with Gasteiger partial charge in [-0.15, -0.1) is 5.10 Å². The minimum absolute atomic E-state index is 0.0363. The van der Waals surface area contributed by atoms with Gasteiger partial charge in [0.1, 0.15) is 5.69 Å². The molecule has 8 heteroatoms. The maximum Gasteiger partial charge on any atom is 0.185 e. The van der Waals surface area contributed by atoms with Crippen molar-refractivity contribution in [1.82, 2.24) is 20.3 Å². The number of piperidine rings is 1. The summed E-state index contributed by atoms with van der Waals surface area (Å²) >= 11 is 0. The Balaban J connectivity index is 1.96. The lowest BCUT2D eigenvalue weighted by Gasteiger charge is -2.22. The van der Waals surface area contributed by atoms with E-state index in [0.717, 1.165) is 25.9 Å². The van der Waals surface area contributed by atoms with Crippen molar-refractivity contribution in [3.05, 3.63) is 11.9 Å². The third-order valence-electron chi connectivity index (χ3n) is 3.81. The largest absolute Gasteiger partial charge is 0.317 e. The Morgan fingerprint density at radius 3 is 2.71 bits per heavy atom. The molecule has 118 valence electrons. The molecule has 1 aliphatic heterocycles. The van der Waals surface area contributed by atoms with Crippen molar-refractivity contribution in [2.24, 2.45) is 0 Å². The average molecular weight is 314 g/mol. The lowest BCUT2D eigenvalue weighted by atomic mass is 10.1. The number of rotatable bonds is 6. The molecule has 21 heavy (non-hydrogen) atoms. The molecule has 7 nitrogen and oxygen atoms in total. The third kappa shape index (κ3) is 4.10. The third-order valence-corrected chi connectivity index (χ3v) is 6.02. The maximum absolute atomic E-state index is 12.0. The van der Waals surface area contributed by atoms with Gasteiger partial charge < -0.3 is 5.32 Å². The number of aromatic nitrogens is 3. The van der Waals surface area contributed by atoms with Crippen LogP contribution in [0.3, 0.4) is 0 Å². The van der Waals surface area contributed by atoms with Crippen LogP contribution < -0.4 is 5.32 Å². The average Bonchev–Trinajstić information content (AvgIpc) is 2.95. The predicted octanol–water partition coefficient (Wildman–Crippen LogP) is 0.599. The Kier molecular flexibility index (Phi) is 5.10. The van der Waals surface area contributed by atoms with Crippen LogP contribution in [0.1, 0.15) is 49.6 Å². The van der Waals surface area contributed by atoms with Crippen molar-refractivity contribution in [3.8, 4) is 0 Å². The molecule has 0 saturated carbocycles. The van der Waals surface area contributed by atoms with E-state index >= 15 is 0 Å². The van der Waals surface area contributed by atoms with Crippen LogP contribution in [-0.4, -0.2) is 53.3 Å².